The first kappa shape index (κ1) is 15.3. The number of H-pyrrole nitrogens is 1. The molecule has 1 aromatic rings. The number of aliphatic carboxylic acids is 1. The molecule has 0 spiro atoms. The summed E-state index contributed by atoms with van der Waals surface area (Å²) in [6.07, 6.45) is 2.82. The predicted molar refractivity (Wildman–Crippen MR) is 77.3 cm³/mol. The molecular weight excluding hydrogens is 272 g/mol. The van der Waals surface area contributed by atoms with Crippen molar-refractivity contribution in [3.05, 3.63) is 33.7 Å². The fourth-order valence-corrected chi connectivity index (χ4v) is 2.97. The molecule has 1 unspecified atom stereocenters. The maximum Gasteiger partial charge on any atom is 0.326 e. The first-order valence-electron chi connectivity index (χ1n) is 6.97. The summed E-state index contributed by atoms with van der Waals surface area (Å²) in [6, 6.07) is 0.428. The minimum absolute atomic E-state index is 0.00968. The fraction of sp³-hybridized carbons (Fsp3) is 0.533. The zero-order valence-corrected chi connectivity index (χ0v) is 12.5. The lowest BCUT2D eigenvalue weighted by Gasteiger charge is -2.43. The van der Waals surface area contributed by atoms with Gasteiger partial charge in [-0.1, -0.05) is 13.8 Å². The summed E-state index contributed by atoms with van der Waals surface area (Å²) in [5.41, 5.74) is -0.254. The third kappa shape index (κ3) is 2.84. The first-order chi connectivity index (χ1) is 9.74. The van der Waals surface area contributed by atoms with Gasteiger partial charge in [0.05, 0.1) is 0 Å². The number of carbonyl (C=O) groups is 2. The van der Waals surface area contributed by atoms with Crippen molar-refractivity contribution in [1.29, 1.82) is 0 Å². The summed E-state index contributed by atoms with van der Waals surface area (Å²) in [5.74, 6) is -1.55. The molecule has 1 aliphatic heterocycles. The number of likely N-dealkylation sites (tertiary alicyclic amines) is 1. The molecule has 21 heavy (non-hydrogen) atoms. The molecule has 1 amide bonds. The maximum absolute atomic E-state index is 12.6. The Balaban J connectivity index is 2.41. The topological polar surface area (TPSA) is 90.5 Å². The molecule has 0 saturated carbocycles. The van der Waals surface area contributed by atoms with Crippen molar-refractivity contribution >= 4 is 11.9 Å². The smallest absolute Gasteiger partial charge is 0.326 e. The monoisotopic (exact) mass is 292 g/mol. The molecule has 1 saturated heterocycles. The number of nitrogens with one attached hydrogen (secondary N) is 1. The van der Waals surface area contributed by atoms with Crippen LogP contribution < -0.4 is 5.43 Å². The lowest BCUT2D eigenvalue weighted by Crippen LogP contribution is -2.56. The largest absolute Gasteiger partial charge is 0.480 e. The van der Waals surface area contributed by atoms with Gasteiger partial charge in [-0.2, -0.15) is 0 Å². The second kappa shape index (κ2) is 5.35. The number of aromatic amines is 1. The van der Waals surface area contributed by atoms with Crippen LogP contribution in [0.2, 0.25) is 0 Å². The number of carboxylic acid groups (broad SMARTS) is 1. The van der Waals surface area contributed by atoms with Crippen LogP contribution in [0.1, 0.15) is 42.7 Å². The highest BCUT2D eigenvalue weighted by molar-refractivity contribution is 5.96. The van der Waals surface area contributed by atoms with Gasteiger partial charge in [0.2, 0.25) is 0 Å². The molecule has 0 radical (unpaired) electrons. The molecule has 1 fully saturated rings. The Hall–Kier alpha value is -2.11. The van der Waals surface area contributed by atoms with Crippen LogP contribution >= 0.6 is 0 Å². The van der Waals surface area contributed by atoms with Crippen LogP contribution in [-0.4, -0.2) is 39.5 Å². The summed E-state index contributed by atoms with van der Waals surface area (Å²) in [7, 11) is 0. The summed E-state index contributed by atoms with van der Waals surface area (Å²) in [5, 5.41) is 9.47. The summed E-state index contributed by atoms with van der Waals surface area (Å²) in [4.78, 5) is 40.2. The van der Waals surface area contributed by atoms with Gasteiger partial charge in [0.15, 0.2) is 5.43 Å². The van der Waals surface area contributed by atoms with Gasteiger partial charge >= 0.3 is 5.97 Å². The lowest BCUT2D eigenvalue weighted by atomic mass is 9.76. The quantitative estimate of drug-likeness (QED) is 0.862. The van der Waals surface area contributed by atoms with Crippen molar-refractivity contribution in [2.75, 3.05) is 6.54 Å². The summed E-state index contributed by atoms with van der Waals surface area (Å²) >= 11 is 0. The molecule has 0 bridgehead atoms. The van der Waals surface area contributed by atoms with Crippen molar-refractivity contribution in [3.8, 4) is 0 Å². The van der Waals surface area contributed by atoms with E-state index in [-0.39, 0.29) is 11.0 Å². The molecule has 1 atom stereocenters. The van der Waals surface area contributed by atoms with E-state index in [9.17, 15) is 19.5 Å². The molecule has 0 aromatic carbocycles. The highest BCUT2D eigenvalue weighted by atomic mass is 16.4. The van der Waals surface area contributed by atoms with Crippen molar-refractivity contribution < 1.29 is 14.7 Å². The van der Waals surface area contributed by atoms with E-state index in [1.807, 2.05) is 13.8 Å². The van der Waals surface area contributed by atoms with Crippen molar-refractivity contribution in [1.82, 2.24) is 9.88 Å². The Bertz CT molecular complexity index is 633. The number of nitrogens with zero attached hydrogens (tertiary/aromatic N) is 1. The zero-order chi connectivity index (χ0) is 15.8. The third-order valence-electron chi connectivity index (χ3n) is 4.05. The van der Waals surface area contributed by atoms with Gasteiger partial charge in [0.1, 0.15) is 11.6 Å². The van der Waals surface area contributed by atoms with E-state index in [0.717, 1.165) is 12.8 Å². The van der Waals surface area contributed by atoms with Crippen LogP contribution in [0, 0.1) is 12.3 Å². The number of carboxylic acids is 1. The number of pyridine rings is 1. The standard InChI is InChI=1S/C15H20N2O4/c1-9-7-11(18)10(8-16-9)13(19)17-6-4-5-15(2,3)12(17)14(20)21/h7-8,12H,4-6H2,1-3H3,(H,16,18)(H,20,21). The Morgan fingerprint density at radius 2 is 2.10 bits per heavy atom. The number of piperidine rings is 1. The number of aryl methyl sites for hydroxylation is 1. The van der Waals surface area contributed by atoms with Gasteiger partial charge in [0.25, 0.3) is 5.91 Å². The molecule has 1 aliphatic rings. The average Bonchev–Trinajstić information content (AvgIpc) is 2.36. The van der Waals surface area contributed by atoms with E-state index in [0.29, 0.717) is 12.2 Å². The minimum atomic E-state index is -1.03. The van der Waals surface area contributed by atoms with Crippen LogP contribution in [0.25, 0.3) is 0 Å². The molecule has 1 aromatic heterocycles. The van der Waals surface area contributed by atoms with Crippen molar-refractivity contribution in [3.63, 3.8) is 0 Å². The van der Waals surface area contributed by atoms with E-state index in [4.69, 9.17) is 0 Å². The van der Waals surface area contributed by atoms with Crippen LogP contribution in [0.4, 0.5) is 0 Å². The van der Waals surface area contributed by atoms with Gasteiger partial charge < -0.3 is 15.0 Å². The van der Waals surface area contributed by atoms with E-state index < -0.39 is 23.3 Å². The van der Waals surface area contributed by atoms with Gasteiger partial charge in [0, 0.05) is 24.5 Å². The summed E-state index contributed by atoms with van der Waals surface area (Å²) in [6.45, 7) is 5.75. The lowest BCUT2D eigenvalue weighted by molar-refractivity contribution is -0.148. The average molecular weight is 292 g/mol. The van der Waals surface area contributed by atoms with Gasteiger partial charge in [-0.3, -0.25) is 9.59 Å². The highest BCUT2D eigenvalue weighted by Crippen LogP contribution is 2.35. The van der Waals surface area contributed by atoms with E-state index in [1.165, 1.54) is 17.2 Å². The van der Waals surface area contributed by atoms with E-state index >= 15 is 0 Å². The molecular formula is C15H20N2O4. The normalized spacial score (nSPS) is 21.1. The Morgan fingerprint density at radius 3 is 2.67 bits per heavy atom. The van der Waals surface area contributed by atoms with Crippen LogP contribution in [-0.2, 0) is 4.79 Å². The second-order valence-electron chi connectivity index (χ2n) is 6.23. The van der Waals surface area contributed by atoms with Gasteiger partial charge in [-0.25, -0.2) is 4.79 Å². The van der Waals surface area contributed by atoms with Crippen molar-refractivity contribution in [2.24, 2.45) is 5.41 Å². The molecule has 2 heterocycles. The SMILES string of the molecule is Cc1cc(=O)c(C(=O)N2CCCC(C)(C)C2C(=O)O)c[nH]1. The molecule has 6 heteroatoms. The van der Waals surface area contributed by atoms with E-state index in [2.05, 4.69) is 4.98 Å². The number of amides is 1. The Morgan fingerprint density at radius 1 is 1.43 bits per heavy atom. The highest BCUT2D eigenvalue weighted by Gasteiger charge is 2.44. The minimum Gasteiger partial charge on any atom is -0.480 e. The second-order valence-corrected chi connectivity index (χ2v) is 6.23. The van der Waals surface area contributed by atoms with E-state index in [1.54, 1.807) is 6.92 Å². The Kier molecular flexibility index (Phi) is 3.89. The molecule has 0 aliphatic carbocycles. The van der Waals surface area contributed by atoms with Gasteiger partial charge in [-0.15, -0.1) is 0 Å². The zero-order valence-electron chi connectivity index (χ0n) is 12.5. The van der Waals surface area contributed by atoms with Crippen LogP contribution in [0.3, 0.4) is 0 Å². The van der Waals surface area contributed by atoms with Crippen LogP contribution in [0.15, 0.2) is 17.1 Å². The number of hydrogen-bond donors (Lipinski definition) is 2. The number of hydrogen-bond acceptors (Lipinski definition) is 3. The van der Waals surface area contributed by atoms with Crippen molar-refractivity contribution in [2.45, 2.75) is 39.7 Å². The van der Waals surface area contributed by atoms with Crippen LogP contribution in [0.5, 0.6) is 0 Å². The summed E-state index contributed by atoms with van der Waals surface area (Å²) < 4.78 is 0. The first-order valence-corrected chi connectivity index (χ1v) is 6.97. The number of aromatic nitrogens is 1. The van der Waals surface area contributed by atoms with Gasteiger partial charge in [-0.05, 0) is 25.2 Å². The fourth-order valence-electron chi connectivity index (χ4n) is 2.97. The molecule has 2 rings (SSSR count). The molecule has 114 valence electrons. The molecule has 2 N–H and O–H groups in total. The number of rotatable bonds is 2. The number of carbonyl (C=O) groups excluding carboxylic acids is 1. The maximum atomic E-state index is 12.6. The molecule has 6 nitrogen and oxygen atoms in total. The Labute approximate surface area is 122 Å². The predicted octanol–water partition coefficient (Wildman–Crippen LogP) is 1.40. The third-order valence-corrected chi connectivity index (χ3v) is 4.05.